The predicted octanol–water partition coefficient (Wildman–Crippen LogP) is 1.91. The average Bonchev–Trinajstić information content (AvgIpc) is 2.40. The molecule has 7 heteroatoms. The van der Waals surface area contributed by atoms with Crippen LogP contribution in [0.15, 0.2) is 12.1 Å². The Balaban J connectivity index is 3.15. The van der Waals surface area contributed by atoms with E-state index in [1.54, 1.807) is 6.92 Å². The van der Waals surface area contributed by atoms with E-state index in [2.05, 4.69) is 5.32 Å². The lowest BCUT2D eigenvalue weighted by Crippen LogP contribution is -2.51. The van der Waals surface area contributed by atoms with Crippen LogP contribution >= 0.6 is 11.6 Å². The highest BCUT2D eigenvalue weighted by Gasteiger charge is 2.33. The standard InChI is InChI=1S/C13H17ClN2O4/c1-4-13(2,12(18)19)16-11(17)7-5-8(14)9(15)6-10(7)20-3/h5-6H,4,15H2,1-3H3,(H,16,17)(H,18,19). The average molecular weight is 301 g/mol. The molecule has 4 N–H and O–H groups in total. The van der Waals surface area contributed by atoms with Crippen LogP contribution in [0.5, 0.6) is 5.75 Å². The molecule has 110 valence electrons. The molecule has 0 bridgehead atoms. The molecule has 1 atom stereocenters. The second-order valence-electron chi connectivity index (χ2n) is 4.52. The predicted molar refractivity (Wildman–Crippen MR) is 76.2 cm³/mol. The fourth-order valence-electron chi connectivity index (χ4n) is 1.53. The van der Waals surface area contributed by atoms with Crippen molar-refractivity contribution in [2.75, 3.05) is 12.8 Å². The molecular weight excluding hydrogens is 284 g/mol. The molecule has 0 fully saturated rings. The van der Waals surface area contributed by atoms with Crippen LogP contribution < -0.4 is 15.8 Å². The minimum Gasteiger partial charge on any atom is -0.496 e. The van der Waals surface area contributed by atoms with Crippen LogP contribution in [0.25, 0.3) is 0 Å². The number of halogens is 1. The molecule has 0 spiro atoms. The number of hydrogen-bond acceptors (Lipinski definition) is 4. The first-order chi connectivity index (χ1) is 9.25. The normalized spacial score (nSPS) is 13.4. The molecule has 20 heavy (non-hydrogen) atoms. The number of ether oxygens (including phenoxy) is 1. The van der Waals surface area contributed by atoms with E-state index in [-0.39, 0.29) is 28.4 Å². The topological polar surface area (TPSA) is 102 Å². The van der Waals surface area contributed by atoms with E-state index in [4.69, 9.17) is 27.2 Å². The minimum atomic E-state index is -1.37. The second kappa shape index (κ2) is 6.00. The van der Waals surface area contributed by atoms with Crippen LogP contribution in [0.2, 0.25) is 5.02 Å². The van der Waals surface area contributed by atoms with E-state index in [0.29, 0.717) is 0 Å². The highest BCUT2D eigenvalue weighted by atomic mass is 35.5. The van der Waals surface area contributed by atoms with Crippen LogP contribution in [0.4, 0.5) is 5.69 Å². The first-order valence-electron chi connectivity index (χ1n) is 5.94. The van der Waals surface area contributed by atoms with E-state index >= 15 is 0 Å². The summed E-state index contributed by atoms with van der Waals surface area (Å²) in [6.07, 6.45) is 0.235. The van der Waals surface area contributed by atoms with Gasteiger partial charge in [0.25, 0.3) is 5.91 Å². The summed E-state index contributed by atoms with van der Waals surface area (Å²) in [5.41, 5.74) is 4.67. The van der Waals surface area contributed by atoms with Gasteiger partial charge in [0, 0.05) is 6.07 Å². The summed E-state index contributed by atoms with van der Waals surface area (Å²) in [4.78, 5) is 23.4. The number of carbonyl (C=O) groups is 2. The Morgan fingerprint density at radius 2 is 2.10 bits per heavy atom. The molecule has 1 rings (SSSR count). The third-order valence-electron chi connectivity index (χ3n) is 3.13. The van der Waals surface area contributed by atoms with Crippen LogP contribution in [-0.4, -0.2) is 29.6 Å². The molecule has 0 saturated carbocycles. The summed E-state index contributed by atoms with van der Waals surface area (Å²) >= 11 is 5.88. The molecule has 0 heterocycles. The van der Waals surface area contributed by atoms with Crippen molar-refractivity contribution < 1.29 is 19.4 Å². The van der Waals surface area contributed by atoms with Gasteiger partial charge >= 0.3 is 5.97 Å². The number of methoxy groups -OCH3 is 1. The fourth-order valence-corrected chi connectivity index (χ4v) is 1.69. The maximum atomic E-state index is 12.2. The highest BCUT2D eigenvalue weighted by Crippen LogP contribution is 2.29. The lowest BCUT2D eigenvalue weighted by molar-refractivity contribution is -0.143. The molecule has 0 saturated heterocycles. The second-order valence-corrected chi connectivity index (χ2v) is 4.93. The van der Waals surface area contributed by atoms with Gasteiger partial charge in [0.1, 0.15) is 11.3 Å². The lowest BCUT2D eigenvalue weighted by Gasteiger charge is -2.25. The Kier molecular flexibility index (Phi) is 4.83. The number of hydrogen-bond donors (Lipinski definition) is 3. The number of aliphatic carboxylic acids is 1. The Hall–Kier alpha value is -1.95. The van der Waals surface area contributed by atoms with Gasteiger partial charge in [-0.05, 0) is 19.4 Å². The molecule has 0 aliphatic carbocycles. The van der Waals surface area contributed by atoms with Crippen LogP contribution in [-0.2, 0) is 4.79 Å². The fraction of sp³-hybridized carbons (Fsp3) is 0.385. The van der Waals surface area contributed by atoms with Crippen molar-refractivity contribution in [3.8, 4) is 5.75 Å². The van der Waals surface area contributed by atoms with Crippen LogP contribution in [0.1, 0.15) is 30.6 Å². The number of anilines is 1. The molecule has 0 aliphatic rings. The van der Waals surface area contributed by atoms with Crippen molar-refractivity contribution >= 4 is 29.2 Å². The molecular formula is C13H17ClN2O4. The summed E-state index contributed by atoms with van der Waals surface area (Å²) in [6.45, 7) is 3.10. The van der Waals surface area contributed by atoms with Gasteiger partial charge in [0.2, 0.25) is 0 Å². The first-order valence-corrected chi connectivity index (χ1v) is 6.32. The van der Waals surface area contributed by atoms with Gasteiger partial charge in [-0.3, -0.25) is 4.79 Å². The monoisotopic (exact) mass is 300 g/mol. The van der Waals surface area contributed by atoms with E-state index in [1.807, 2.05) is 0 Å². The van der Waals surface area contributed by atoms with E-state index in [9.17, 15) is 9.59 Å². The molecule has 1 amide bonds. The van der Waals surface area contributed by atoms with Gasteiger partial charge in [-0.2, -0.15) is 0 Å². The van der Waals surface area contributed by atoms with E-state index in [1.165, 1.54) is 26.2 Å². The molecule has 6 nitrogen and oxygen atoms in total. The largest absolute Gasteiger partial charge is 0.496 e. The smallest absolute Gasteiger partial charge is 0.329 e. The molecule has 0 aliphatic heterocycles. The number of nitrogens with two attached hydrogens (primary N) is 1. The maximum absolute atomic E-state index is 12.2. The van der Waals surface area contributed by atoms with Crippen LogP contribution in [0.3, 0.4) is 0 Å². The third-order valence-corrected chi connectivity index (χ3v) is 3.46. The summed E-state index contributed by atoms with van der Waals surface area (Å²) in [5, 5.41) is 11.8. The molecule has 1 aromatic carbocycles. The SMILES string of the molecule is CCC(C)(NC(=O)c1cc(Cl)c(N)cc1OC)C(=O)O. The first kappa shape index (κ1) is 16.1. The third kappa shape index (κ3) is 3.14. The number of carboxylic acids is 1. The maximum Gasteiger partial charge on any atom is 0.329 e. The summed E-state index contributed by atoms with van der Waals surface area (Å²) in [5.74, 6) is -1.47. The number of nitrogens with one attached hydrogen (secondary N) is 1. The zero-order valence-electron chi connectivity index (χ0n) is 11.5. The molecule has 0 aromatic heterocycles. The van der Waals surface area contributed by atoms with Gasteiger partial charge < -0.3 is 20.9 Å². The zero-order chi connectivity index (χ0) is 15.5. The quantitative estimate of drug-likeness (QED) is 0.721. The summed E-state index contributed by atoms with van der Waals surface area (Å²) < 4.78 is 5.06. The minimum absolute atomic E-state index is 0.132. The molecule has 1 unspecified atom stereocenters. The van der Waals surface area contributed by atoms with Crippen LogP contribution in [0, 0.1) is 0 Å². The summed E-state index contributed by atoms with van der Waals surface area (Å²) in [6, 6.07) is 2.77. The highest BCUT2D eigenvalue weighted by molar-refractivity contribution is 6.33. The van der Waals surface area contributed by atoms with Crippen molar-refractivity contribution in [2.24, 2.45) is 0 Å². The Morgan fingerprint density at radius 1 is 1.50 bits per heavy atom. The molecule has 0 radical (unpaired) electrons. The van der Waals surface area contributed by atoms with Crippen molar-refractivity contribution in [1.29, 1.82) is 0 Å². The Labute approximate surface area is 121 Å². The van der Waals surface area contributed by atoms with Gasteiger partial charge in [0.05, 0.1) is 23.4 Å². The number of rotatable bonds is 5. The lowest BCUT2D eigenvalue weighted by atomic mass is 9.98. The van der Waals surface area contributed by atoms with E-state index < -0.39 is 17.4 Å². The van der Waals surface area contributed by atoms with Crippen molar-refractivity contribution in [1.82, 2.24) is 5.32 Å². The Morgan fingerprint density at radius 3 is 2.55 bits per heavy atom. The number of carboxylic acid groups (broad SMARTS) is 1. The van der Waals surface area contributed by atoms with Gasteiger partial charge in [-0.1, -0.05) is 18.5 Å². The zero-order valence-corrected chi connectivity index (χ0v) is 12.2. The molecule has 1 aromatic rings. The van der Waals surface area contributed by atoms with Crippen molar-refractivity contribution in [3.05, 3.63) is 22.7 Å². The number of benzene rings is 1. The Bertz CT molecular complexity index is 547. The summed E-state index contributed by atoms with van der Waals surface area (Å²) in [7, 11) is 1.38. The number of amides is 1. The van der Waals surface area contributed by atoms with Gasteiger partial charge in [0.15, 0.2) is 0 Å². The van der Waals surface area contributed by atoms with Gasteiger partial charge in [-0.15, -0.1) is 0 Å². The van der Waals surface area contributed by atoms with E-state index in [0.717, 1.165) is 0 Å². The number of nitrogen functional groups attached to an aromatic ring is 1. The number of carbonyl (C=O) groups excluding carboxylic acids is 1. The van der Waals surface area contributed by atoms with Crippen molar-refractivity contribution in [2.45, 2.75) is 25.8 Å². The van der Waals surface area contributed by atoms with Gasteiger partial charge in [-0.25, -0.2) is 4.79 Å². The van der Waals surface area contributed by atoms with Crippen molar-refractivity contribution in [3.63, 3.8) is 0 Å².